The zero-order chi connectivity index (χ0) is 11.3. The van der Waals surface area contributed by atoms with Crippen molar-refractivity contribution in [2.75, 3.05) is 46.4 Å². The topological polar surface area (TPSA) is 41.7 Å². The van der Waals surface area contributed by atoms with Crippen LogP contribution in [0.3, 0.4) is 0 Å². The predicted octanol–water partition coefficient (Wildman–Crippen LogP) is -0.0750. The second-order valence-corrected chi connectivity index (χ2v) is 4.42. The molecule has 0 spiro atoms. The minimum absolute atomic E-state index is 0.226. The molecule has 1 atom stereocenters. The summed E-state index contributed by atoms with van der Waals surface area (Å²) in [5.74, 6) is 0. The summed E-state index contributed by atoms with van der Waals surface area (Å²) in [4.78, 5) is 5.35. The maximum Gasteiger partial charge on any atom is 0.0899 e. The molecule has 1 fully saturated rings. The quantitative estimate of drug-likeness (QED) is 0.671. The van der Waals surface area contributed by atoms with Crippen LogP contribution in [-0.4, -0.2) is 67.3 Å². The summed E-state index contributed by atoms with van der Waals surface area (Å²) in [5, 5.41) is 0. The van der Waals surface area contributed by atoms with E-state index in [0.29, 0.717) is 4.99 Å². The molecule has 5 heteroatoms. The lowest BCUT2D eigenvalue weighted by Gasteiger charge is -2.37. The summed E-state index contributed by atoms with van der Waals surface area (Å²) in [6.45, 7) is 8.15. The monoisotopic (exact) mass is 231 g/mol. The van der Waals surface area contributed by atoms with Crippen LogP contribution in [0.25, 0.3) is 0 Å². The Morgan fingerprint density at radius 1 is 1.40 bits per heavy atom. The van der Waals surface area contributed by atoms with E-state index in [1.165, 1.54) is 0 Å². The van der Waals surface area contributed by atoms with Crippen molar-refractivity contribution < 1.29 is 4.74 Å². The van der Waals surface area contributed by atoms with E-state index in [0.717, 1.165) is 39.3 Å². The molecule has 1 rings (SSSR count). The van der Waals surface area contributed by atoms with E-state index in [9.17, 15) is 0 Å². The number of nitrogens with zero attached hydrogens (tertiary/aromatic N) is 2. The van der Waals surface area contributed by atoms with E-state index >= 15 is 0 Å². The number of hydrogen-bond donors (Lipinski definition) is 1. The van der Waals surface area contributed by atoms with Gasteiger partial charge in [0, 0.05) is 39.8 Å². The molecule has 1 aliphatic rings. The Bertz CT molecular complexity index is 205. The predicted molar refractivity (Wildman–Crippen MR) is 66.1 cm³/mol. The molecule has 0 radical (unpaired) electrons. The third-order valence-electron chi connectivity index (χ3n) is 2.98. The highest BCUT2D eigenvalue weighted by molar-refractivity contribution is 7.80. The Hall–Kier alpha value is -0.230. The highest BCUT2D eigenvalue weighted by Crippen LogP contribution is 2.06. The molecule has 2 N–H and O–H groups in total. The third kappa shape index (κ3) is 4.03. The van der Waals surface area contributed by atoms with Crippen molar-refractivity contribution >= 4 is 17.2 Å². The van der Waals surface area contributed by atoms with E-state index in [2.05, 4.69) is 16.7 Å². The average molecular weight is 231 g/mol. The lowest BCUT2D eigenvalue weighted by atomic mass is 10.2. The standard InChI is InChI=1S/C10H21N3OS/c1-9(10(11)15)13-5-3-12(4-6-13)7-8-14-2/h9H,3-8H2,1-2H3,(H2,11,15). The van der Waals surface area contributed by atoms with Crippen molar-refractivity contribution in [2.45, 2.75) is 13.0 Å². The lowest BCUT2D eigenvalue weighted by molar-refractivity contribution is 0.0914. The van der Waals surface area contributed by atoms with E-state index < -0.39 is 0 Å². The molecule has 1 heterocycles. The van der Waals surface area contributed by atoms with Gasteiger partial charge in [-0.25, -0.2) is 0 Å². The molecule has 0 bridgehead atoms. The number of rotatable bonds is 5. The first-order chi connectivity index (χ1) is 7.15. The molecule has 15 heavy (non-hydrogen) atoms. The van der Waals surface area contributed by atoms with E-state index in [-0.39, 0.29) is 6.04 Å². The fourth-order valence-corrected chi connectivity index (χ4v) is 1.92. The highest BCUT2D eigenvalue weighted by atomic mass is 32.1. The van der Waals surface area contributed by atoms with Gasteiger partial charge in [-0.2, -0.15) is 0 Å². The second kappa shape index (κ2) is 6.37. The van der Waals surface area contributed by atoms with Gasteiger partial charge in [-0.15, -0.1) is 0 Å². The summed E-state index contributed by atoms with van der Waals surface area (Å²) >= 11 is 5.00. The lowest BCUT2D eigenvalue weighted by Crippen LogP contribution is -2.53. The minimum Gasteiger partial charge on any atom is -0.392 e. The summed E-state index contributed by atoms with van der Waals surface area (Å²) in [6.07, 6.45) is 0. The number of thiocarbonyl (C=S) groups is 1. The van der Waals surface area contributed by atoms with E-state index in [1.54, 1.807) is 7.11 Å². The highest BCUT2D eigenvalue weighted by Gasteiger charge is 2.21. The van der Waals surface area contributed by atoms with Crippen molar-refractivity contribution in [3.8, 4) is 0 Å². The van der Waals surface area contributed by atoms with Gasteiger partial charge < -0.3 is 10.5 Å². The Kier molecular flexibility index (Phi) is 5.45. The van der Waals surface area contributed by atoms with E-state index in [4.69, 9.17) is 22.7 Å². The summed E-state index contributed by atoms with van der Waals surface area (Å²) in [6, 6.07) is 0.226. The van der Waals surface area contributed by atoms with Crippen LogP contribution in [0.15, 0.2) is 0 Å². The molecular weight excluding hydrogens is 210 g/mol. The van der Waals surface area contributed by atoms with Gasteiger partial charge in [-0.05, 0) is 6.92 Å². The summed E-state index contributed by atoms with van der Waals surface area (Å²) in [7, 11) is 1.74. The molecule has 0 aromatic heterocycles. The van der Waals surface area contributed by atoms with Gasteiger partial charge in [-0.3, -0.25) is 9.80 Å². The van der Waals surface area contributed by atoms with E-state index in [1.807, 2.05) is 0 Å². The van der Waals surface area contributed by atoms with Crippen LogP contribution in [0.1, 0.15) is 6.92 Å². The fraction of sp³-hybridized carbons (Fsp3) is 0.900. The number of hydrogen-bond acceptors (Lipinski definition) is 4. The molecule has 0 aliphatic carbocycles. The summed E-state index contributed by atoms with van der Waals surface area (Å²) < 4.78 is 5.06. The number of nitrogens with two attached hydrogens (primary N) is 1. The SMILES string of the molecule is COCCN1CCN(C(C)C(N)=S)CC1. The van der Waals surface area contributed by atoms with Gasteiger partial charge in [0.05, 0.1) is 17.6 Å². The second-order valence-electron chi connectivity index (χ2n) is 3.95. The van der Waals surface area contributed by atoms with Crippen molar-refractivity contribution in [2.24, 2.45) is 5.73 Å². The maximum absolute atomic E-state index is 5.64. The van der Waals surface area contributed by atoms with Gasteiger partial charge in [0.2, 0.25) is 0 Å². The maximum atomic E-state index is 5.64. The zero-order valence-corrected chi connectivity index (χ0v) is 10.4. The van der Waals surface area contributed by atoms with Crippen LogP contribution < -0.4 is 5.73 Å². The van der Waals surface area contributed by atoms with Gasteiger partial charge in [-0.1, -0.05) is 12.2 Å². The molecule has 1 aliphatic heterocycles. The first-order valence-electron chi connectivity index (χ1n) is 5.40. The molecule has 0 amide bonds. The van der Waals surface area contributed by atoms with Gasteiger partial charge >= 0.3 is 0 Å². The third-order valence-corrected chi connectivity index (χ3v) is 3.32. The van der Waals surface area contributed by atoms with Crippen molar-refractivity contribution in [1.29, 1.82) is 0 Å². The van der Waals surface area contributed by atoms with Gasteiger partial charge in [0.1, 0.15) is 0 Å². The van der Waals surface area contributed by atoms with Crippen molar-refractivity contribution in [3.63, 3.8) is 0 Å². The Balaban J connectivity index is 2.26. The Morgan fingerprint density at radius 3 is 2.47 bits per heavy atom. The molecule has 4 nitrogen and oxygen atoms in total. The Labute approximate surface area is 97.3 Å². The number of ether oxygens (including phenoxy) is 1. The van der Waals surface area contributed by atoms with Gasteiger partial charge in [0.25, 0.3) is 0 Å². The molecule has 0 saturated carbocycles. The first kappa shape index (κ1) is 12.8. The normalized spacial score (nSPS) is 21.5. The average Bonchev–Trinajstić information content (AvgIpc) is 2.26. The Morgan fingerprint density at radius 2 is 2.00 bits per heavy atom. The first-order valence-corrected chi connectivity index (χ1v) is 5.80. The molecule has 1 saturated heterocycles. The van der Waals surface area contributed by atoms with Crippen molar-refractivity contribution in [1.82, 2.24) is 9.80 Å². The van der Waals surface area contributed by atoms with Gasteiger partial charge in [0.15, 0.2) is 0 Å². The molecule has 88 valence electrons. The molecule has 0 aromatic rings. The number of methoxy groups -OCH3 is 1. The fourth-order valence-electron chi connectivity index (χ4n) is 1.77. The zero-order valence-electron chi connectivity index (χ0n) is 9.61. The van der Waals surface area contributed by atoms with Crippen molar-refractivity contribution in [3.05, 3.63) is 0 Å². The van der Waals surface area contributed by atoms with Crippen LogP contribution in [0.4, 0.5) is 0 Å². The minimum atomic E-state index is 0.226. The van der Waals surface area contributed by atoms with Crippen LogP contribution >= 0.6 is 12.2 Å². The largest absolute Gasteiger partial charge is 0.392 e. The van der Waals surface area contributed by atoms with Crippen LogP contribution in [0.5, 0.6) is 0 Å². The van der Waals surface area contributed by atoms with Crippen LogP contribution in [0.2, 0.25) is 0 Å². The number of piperazine rings is 1. The molecule has 0 aromatic carbocycles. The summed E-state index contributed by atoms with van der Waals surface area (Å²) in [5.41, 5.74) is 5.64. The smallest absolute Gasteiger partial charge is 0.0899 e. The van der Waals surface area contributed by atoms with Crippen LogP contribution in [0, 0.1) is 0 Å². The molecule has 1 unspecified atom stereocenters. The molecular formula is C10H21N3OS. The van der Waals surface area contributed by atoms with Crippen LogP contribution in [-0.2, 0) is 4.74 Å².